The van der Waals surface area contributed by atoms with E-state index in [2.05, 4.69) is 33.0 Å². The lowest BCUT2D eigenvalue weighted by Gasteiger charge is -2.52. The van der Waals surface area contributed by atoms with Crippen molar-refractivity contribution in [2.24, 2.45) is 40.9 Å². The molecule has 11 atom stereocenters. The van der Waals surface area contributed by atoms with E-state index in [-0.39, 0.29) is 23.0 Å². The Morgan fingerprint density at radius 2 is 1.94 bits per heavy atom. The largest absolute Gasteiger partial charge is 0.393 e. The topological polar surface area (TPSA) is 58.6 Å². The van der Waals surface area contributed by atoms with Gasteiger partial charge in [-0.05, 0) is 93.1 Å². The Morgan fingerprint density at radius 3 is 2.74 bits per heavy atom. The molecule has 31 heavy (non-hydrogen) atoms. The minimum atomic E-state index is -0.280. The molecule has 1 spiro atoms. The van der Waals surface area contributed by atoms with Gasteiger partial charge in [0.25, 0.3) is 0 Å². The number of nitrogens with one attached hydrogen (secondary N) is 1. The van der Waals surface area contributed by atoms with Gasteiger partial charge in [0, 0.05) is 24.3 Å². The highest BCUT2D eigenvalue weighted by Gasteiger charge is 2.62. The predicted octanol–water partition coefficient (Wildman–Crippen LogP) is 4.26. The highest BCUT2D eigenvalue weighted by atomic mass is 16.5. The Bertz CT molecular complexity index is 821. The number of aliphatic hydroxyl groups is 1. The van der Waals surface area contributed by atoms with E-state index < -0.39 is 0 Å². The van der Waals surface area contributed by atoms with Gasteiger partial charge in [0.15, 0.2) is 0 Å². The first-order valence-corrected chi connectivity index (χ1v) is 13.1. The van der Waals surface area contributed by atoms with Crippen LogP contribution in [0.15, 0.2) is 11.1 Å². The van der Waals surface area contributed by atoms with Crippen LogP contribution >= 0.6 is 0 Å². The third kappa shape index (κ3) is 2.74. The molecule has 0 aromatic carbocycles. The first-order chi connectivity index (χ1) is 14.7. The molecule has 0 aromatic heterocycles. The molecule has 0 amide bonds. The number of aliphatic hydroxyl groups excluding tert-OH is 1. The zero-order valence-corrected chi connectivity index (χ0v) is 19.8. The van der Waals surface area contributed by atoms with Crippen molar-refractivity contribution in [3.63, 3.8) is 0 Å². The van der Waals surface area contributed by atoms with E-state index in [4.69, 9.17) is 4.74 Å². The van der Waals surface area contributed by atoms with E-state index in [1.54, 1.807) is 5.57 Å². The van der Waals surface area contributed by atoms with Crippen molar-refractivity contribution in [3.05, 3.63) is 11.1 Å². The summed E-state index contributed by atoms with van der Waals surface area (Å²) in [6, 6.07) is 0.482. The number of rotatable bonds is 0. The van der Waals surface area contributed by atoms with E-state index in [0.29, 0.717) is 53.9 Å². The maximum atomic E-state index is 13.2. The zero-order chi connectivity index (χ0) is 21.7. The van der Waals surface area contributed by atoms with E-state index in [9.17, 15) is 9.90 Å². The molecular formula is C27H41NO3. The number of allylic oxidation sites excluding steroid dienone is 1. The van der Waals surface area contributed by atoms with E-state index >= 15 is 0 Å². The molecule has 4 nitrogen and oxygen atoms in total. The monoisotopic (exact) mass is 427 g/mol. The Hall–Kier alpha value is -0.710. The van der Waals surface area contributed by atoms with E-state index in [1.165, 1.54) is 18.4 Å². The number of ketones is 1. The fourth-order valence-corrected chi connectivity index (χ4v) is 9.46. The molecule has 3 unspecified atom stereocenters. The molecule has 4 heteroatoms. The van der Waals surface area contributed by atoms with Crippen LogP contribution in [0.1, 0.15) is 79.1 Å². The maximum Gasteiger partial charge on any atom is 0.136 e. The summed E-state index contributed by atoms with van der Waals surface area (Å²) in [5, 5.41) is 14.1. The summed E-state index contributed by atoms with van der Waals surface area (Å²) in [6.45, 7) is 10.6. The Morgan fingerprint density at radius 1 is 1.13 bits per heavy atom. The van der Waals surface area contributed by atoms with Gasteiger partial charge in [-0.3, -0.25) is 4.79 Å². The van der Waals surface area contributed by atoms with Crippen LogP contribution in [-0.4, -0.2) is 41.3 Å². The number of hydrogen-bond donors (Lipinski definition) is 2. The minimum absolute atomic E-state index is 0.0720. The van der Waals surface area contributed by atoms with Crippen molar-refractivity contribution in [1.29, 1.82) is 0 Å². The van der Waals surface area contributed by atoms with Gasteiger partial charge in [-0.15, -0.1) is 0 Å². The van der Waals surface area contributed by atoms with Gasteiger partial charge in [0.1, 0.15) is 5.78 Å². The van der Waals surface area contributed by atoms with Crippen LogP contribution in [0.2, 0.25) is 0 Å². The predicted molar refractivity (Wildman–Crippen MR) is 120 cm³/mol. The van der Waals surface area contributed by atoms with Crippen LogP contribution in [-0.2, 0) is 9.53 Å². The summed E-state index contributed by atoms with van der Waals surface area (Å²) < 4.78 is 7.00. The number of fused-ring (bicyclic) bond motifs is 6. The second-order valence-corrected chi connectivity index (χ2v) is 12.5. The molecular weight excluding hydrogens is 386 g/mol. The van der Waals surface area contributed by atoms with Crippen molar-refractivity contribution in [3.8, 4) is 0 Å². The normalized spacial score (nSPS) is 56.3. The quantitative estimate of drug-likeness (QED) is 0.567. The third-order valence-corrected chi connectivity index (χ3v) is 11.2. The lowest BCUT2D eigenvalue weighted by Crippen LogP contribution is -2.51. The highest BCUT2D eigenvalue weighted by molar-refractivity contribution is 5.83. The molecule has 0 radical (unpaired) electrons. The smallest absolute Gasteiger partial charge is 0.136 e. The third-order valence-electron chi connectivity index (χ3n) is 11.2. The average molecular weight is 428 g/mol. The van der Waals surface area contributed by atoms with Crippen LogP contribution in [0.3, 0.4) is 0 Å². The van der Waals surface area contributed by atoms with Crippen molar-refractivity contribution in [2.75, 3.05) is 6.54 Å². The summed E-state index contributed by atoms with van der Waals surface area (Å²) in [6.07, 6.45) is 8.02. The van der Waals surface area contributed by atoms with Crippen molar-refractivity contribution in [2.45, 2.75) is 103 Å². The first kappa shape index (κ1) is 20.9. The number of hydrogen-bond acceptors (Lipinski definition) is 4. The summed E-state index contributed by atoms with van der Waals surface area (Å²) in [5.41, 5.74) is 3.15. The first-order valence-electron chi connectivity index (χ1n) is 13.1. The molecule has 172 valence electrons. The fraction of sp³-hybridized carbons (Fsp3) is 0.889. The van der Waals surface area contributed by atoms with Gasteiger partial charge in [-0.1, -0.05) is 26.3 Å². The molecule has 2 saturated heterocycles. The van der Waals surface area contributed by atoms with Crippen molar-refractivity contribution < 1.29 is 14.6 Å². The maximum absolute atomic E-state index is 13.2. The number of Topliss-reactive ketones (excluding diaryl/α,β-unsaturated/α-hetero) is 1. The fourth-order valence-electron chi connectivity index (χ4n) is 9.46. The molecule has 2 heterocycles. The van der Waals surface area contributed by atoms with Gasteiger partial charge in [-0.25, -0.2) is 0 Å². The standard InChI is InChI=1S/C27H41NO3/c1-14-9-24-25(28-13-14)16(3)27(31-24)8-6-18-19(15(27)2)11-21-20(18)12-23(30)22-10-17(29)5-7-26(21,22)4/h14,16-18,20-22,24-25,28-29H,5-13H2,1-4H3/t14?,16?,17?,18-,20+,21-,22-,24+,25+,26+,27-/m0/s1. The molecule has 5 fully saturated rings. The van der Waals surface area contributed by atoms with Crippen LogP contribution in [0, 0.1) is 40.9 Å². The van der Waals surface area contributed by atoms with Crippen LogP contribution in [0.5, 0.6) is 0 Å². The molecule has 4 aliphatic carbocycles. The molecule has 0 aromatic rings. The molecule has 6 aliphatic rings. The SMILES string of the molecule is CC1=C2C[C@H]3[C@H](CC(=O)[C@@H]4CC(O)CC[C@@]43C)[C@H]2CC[C@]12O[C@@H]1CC(C)CN[C@@H]1C2C. The molecule has 3 saturated carbocycles. The molecule has 2 N–H and O–H groups in total. The summed E-state index contributed by atoms with van der Waals surface area (Å²) >= 11 is 0. The molecule has 6 rings (SSSR count). The minimum Gasteiger partial charge on any atom is -0.393 e. The lowest BCUT2D eigenvalue weighted by atomic mass is 9.51. The summed E-state index contributed by atoms with van der Waals surface area (Å²) in [7, 11) is 0. The van der Waals surface area contributed by atoms with Gasteiger partial charge < -0.3 is 15.2 Å². The van der Waals surface area contributed by atoms with E-state index in [1.807, 2.05) is 0 Å². The molecule has 0 bridgehead atoms. The van der Waals surface area contributed by atoms with Gasteiger partial charge in [0.05, 0.1) is 17.8 Å². The zero-order valence-electron chi connectivity index (χ0n) is 19.8. The number of carbonyl (C=O) groups is 1. The number of piperidine rings is 1. The summed E-state index contributed by atoms with van der Waals surface area (Å²) in [5.74, 6) is 3.41. The second-order valence-electron chi connectivity index (χ2n) is 12.5. The number of carbonyl (C=O) groups excluding carboxylic acids is 1. The van der Waals surface area contributed by atoms with Gasteiger partial charge in [-0.2, -0.15) is 0 Å². The van der Waals surface area contributed by atoms with Crippen LogP contribution < -0.4 is 5.32 Å². The molecule has 2 aliphatic heterocycles. The lowest BCUT2D eigenvalue weighted by molar-refractivity contribution is -0.145. The van der Waals surface area contributed by atoms with Crippen molar-refractivity contribution in [1.82, 2.24) is 5.32 Å². The van der Waals surface area contributed by atoms with Gasteiger partial charge >= 0.3 is 0 Å². The van der Waals surface area contributed by atoms with Crippen LogP contribution in [0.25, 0.3) is 0 Å². The Labute approximate surface area is 187 Å². The second kappa shape index (κ2) is 6.90. The van der Waals surface area contributed by atoms with Gasteiger partial charge in [0.2, 0.25) is 0 Å². The number of ether oxygens (including phenoxy) is 1. The Kier molecular flexibility index (Phi) is 4.64. The Balaban J connectivity index is 1.35. The highest BCUT2D eigenvalue weighted by Crippen LogP contribution is 2.65. The summed E-state index contributed by atoms with van der Waals surface area (Å²) in [4.78, 5) is 13.2. The van der Waals surface area contributed by atoms with Crippen LogP contribution in [0.4, 0.5) is 0 Å². The van der Waals surface area contributed by atoms with E-state index in [0.717, 1.165) is 38.6 Å². The average Bonchev–Trinajstić information content (AvgIpc) is 3.23. The van der Waals surface area contributed by atoms with Crippen molar-refractivity contribution >= 4 is 5.78 Å².